The zero-order chi connectivity index (χ0) is 28.0. The first-order valence-corrected chi connectivity index (χ1v) is 14.9. The average Bonchev–Trinajstić information content (AvgIpc) is 2.95. The molecule has 0 aliphatic rings. The second-order valence-corrected chi connectivity index (χ2v) is 10.2. The molecule has 6 heteroatoms. The van der Waals surface area contributed by atoms with Crippen molar-refractivity contribution in [3.8, 4) is 11.5 Å². The summed E-state index contributed by atoms with van der Waals surface area (Å²) in [6.45, 7) is 2.27. The number of unbranched alkanes of at least 4 members (excludes halogenated alkanes) is 14. The van der Waals surface area contributed by atoms with Crippen LogP contribution in [-0.2, 0) is 4.79 Å². The molecule has 0 saturated heterocycles. The molecule has 0 unspecified atom stereocenters. The third-order valence-corrected chi connectivity index (χ3v) is 6.80. The number of carbonyl (C=O) groups excluding carboxylic acids is 2. The van der Waals surface area contributed by atoms with Crippen molar-refractivity contribution >= 4 is 18.1 Å². The summed E-state index contributed by atoms with van der Waals surface area (Å²) in [5.41, 5.74) is 3.74. The number of hydrazone groups is 1. The summed E-state index contributed by atoms with van der Waals surface area (Å²) < 4.78 is 10.6. The first-order valence-electron chi connectivity index (χ1n) is 14.9. The predicted octanol–water partition coefficient (Wildman–Crippen LogP) is 8.63. The molecule has 39 heavy (non-hydrogen) atoms. The lowest BCUT2D eigenvalue weighted by Gasteiger charge is -2.06. The van der Waals surface area contributed by atoms with Crippen LogP contribution in [0.15, 0.2) is 53.6 Å². The van der Waals surface area contributed by atoms with E-state index in [0.717, 1.165) is 18.4 Å². The Balaban J connectivity index is 1.50. The second kappa shape index (κ2) is 20.8. The highest BCUT2D eigenvalue weighted by atomic mass is 16.5. The summed E-state index contributed by atoms with van der Waals surface area (Å²) in [5.74, 6) is 0.543. The molecular weight excluding hydrogens is 488 g/mol. The van der Waals surface area contributed by atoms with Crippen molar-refractivity contribution in [2.75, 3.05) is 7.11 Å². The fourth-order valence-electron chi connectivity index (χ4n) is 4.44. The van der Waals surface area contributed by atoms with Gasteiger partial charge in [-0.2, -0.15) is 5.10 Å². The number of ether oxygens (including phenoxy) is 2. The van der Waals surface area contributed by atoms with E-state index in [4.69, 9.17) is 9.47 Å². The van der Waals surface area contributed by atoms with E-state index >= 15 is 0 Å². The first-order chi connectivity index (χ1) is 19.1. The highest BCUT2D eigenvalue weighted by Gasteiger charge is 2.09. The third kappa shape index (κ3) is 15.1. The monoisotopic (exact) mass is 536 g/mol. The van der Waals surface area contributed by atoms with Crippen molar-refractivity contribution < 1.29 is 19.1 Å². The molecule has 0 spiro atoms. The highest BCUT2D eigenvalue weighted by Crippen LogP contribution is 2.17. The van der Waals surface area contributed by atoms with Gasteiger partial charge < -0.3 is 9.47 Å². The minimum absolute atomic E-state index is 0.0805. The molecule has 0 bridgehead atoms. The molecule has 0 aromatic heterocycles. The minimum Gasteiger partial charge on any atom is -0.497 e. The van der Waals surface area contributed by atoms with Gasteiger partial charge in [0, 0.05) is 6.42 Å². The summed E-state index contributed by atoms with van der Waals surface area (Å²) in [6.07, 6.45) is 21.6. The van der Waals surface area contributed by atoms with Crippen LogP contribution in [0, 0.1) is 0 Å². The Bertz CT molecular complexity index is 972. The predicted molar refractivity (Wildman–Crippen MR) is 160 cm³/mol. The largest absolute Gasteiger partial charge is 0.497 e. The van der Waals surface area contributed by atoms with Gasteiger partial charge >= 0.3 is 5.97 Å². The molecule has 6 nitrogen and oxygen atoms in total. The van der Waals surface area contributed by atoms with Gasteiger partial charge in [-0.1, -0.05) is 109 Å². The van der Waals surface area contributed by atoms with Crippen LogP contribution in [0.1, 0.15) is 126 Å². The summed E-state index contributed by atoms with van der Waals surface area (Å²) in [5, 5.41) is 4.05. The number of methoxy groups -OCH3 is 1. The van der Waals surface area contributed by atoms with Crippen LogP contribution in [0.3, 0.4) is 0 Å². The Morgan fingerprint density at radius 1 is 0.744 bits per heavy atom. The molecule has 0 heterocycles. The lowest BCUT2D eigenvalue weighted by Crippen LogP contribution is -2.16. The van der Waals surface area contributed by atoms with Crippen molar-refractivity contribution in [3.05, 3.63) is 59.7 Å². The van der Waals surface area contributed by atoms with E-state index in [1.54, 1.807) is 55.8 Å². The average molecular weight is 537 g/mol. The van der Waals surface area contributed by atoms with Gasteiger partial charge in [0.05, 0.1) is 18.9 Å². The van der Waals surface area contributed by atoms with Gasteiger partial charge in [-0.15, -0.1) is 0 Å². The van der Waals surface area contributed by atoms with Gasteiger partial charge in [-0.3, -0.25) is 4.79 Å². The number of benzene rings is 2. The van der Waals surface area contributed by atoms with Crippen LogP contribution in [0.2, 0.25) is 0 Å². The van der Waals surface area contributed by atoms with E-state index < -0.39 is 5.97 Å². The maximum absolute atomic E-state index is 12.4. The summed E-state index contributed by atoms with van der Waals surface area (Å²) >= 11 is 0. The number of hydrogen-bond acceptors (Lipinski definition) is 5. The Morgan fingerprint density at radius 3 is 1.87 bits per heavy atom. The van der Waals surface area contributed by atoms with E-state index in [1.807, 2.05) is 6.07 Å². The van der Waals surface area contributed by atoms with Gasteiger partial charge in [-0.05, 0) is 48.4 Å². The quantitative estimate of drug-likeness (QED) is 0.0569. The first kappa shape index (κ1) is 32.1. The lowest BCUT2D eigenvalue weighted by atomic mass is 10.0. The van der Waals surface area contributed by atoms with Gasteiger partial charge in [-0.25, -0.2) is 10.2 Å². The van der Waals surface area contributed by atoms with Crippen LogP contribution in [0.4, 0.5) is 0 Å². The van der Waals surface area contributed by atoms with Crippen LogP contribution in [-0.4, -0.2) is 25.2 Å². The third-order valence-electron chi connectivity index (χ3n) is 6.80. The number of nitrogens with zero attached hydrogens (tertiary/aromatic N) is 1. The molecule has 0 atom stereocenters. The van der Waals surface area contributed by atoms with E-state index in [2.05, 4.69) is 17.5 Å². The molecule has 0 aliphatic carbocycles. The van der Waals surface area contributed by atoms with Crippen LogP contribution < -0.4 is 14.9 Å². The summed E-state index contributed by atoms with van der Waals surface area (Å²) in [4.78, 5) is 24.4. The molecule has 1 amide bonds. The molecule has 2 aromatic carbocycles. The van der Waals surface area contributed by atoms with Crippen molar-refractivity contribution in [2.24, 2.45) is 5.10 Å². The number of esters is 1. The van der Waals surface area contributed by atoms with Crippen LogP contribution >= 0.6 is 0 Å². The van der Waals surface area contributed by atoms with Gasteiger partial charge in [0.1, 0.15) is 11.5 Å². The van der Waals surface area contributed by atoms with Gasteiger partial charge in [0.2, 0.25) is 5.91 Å². The molecule has 0 radical (unpaired) electrons. The molecule has 214 valence electrons. The molecule has 2 aromatic rings. The van der Waals surface area contributed by atoms with Crippen molar-refractivity contribution in [2.45, 2.75) is 110 Å². The molecule has 1 N–H and O–H groups in total. The smallest absolute Gasteiger partial charge is 0.343 e. The molecule has 0 fully saturated rings. The van der Waals surface area contributed by atoms with Gasteiger partial charge in [0.15, 0.2) is 0 Å². The van der Waals surface area contributed by atoms with E-state index in [9.17, 15) is 9.59 Å². The zero-order valence-corrected chi connectivity index (χ0v) is 24.1. The Labute approximate surface area is 235 Å². The molecular formula is C33H48N2O4. The number of nitrogens with one attached hydrogen (secondary N) is 1. The van der Waals surface area contributed by atoms with Crippen LogP contribution in [0.25, 0.3) is 0 Å². The zero-order valence-electron chi connectivity index (χ0n) is 24.1. The molecule has 2 rings (SSSR count). The van der Waals surface area contributed by atoms with Gasteiger partial charge in [0.25, 0.3) is 0 Å². The standard InChI is InChI=1S/C33H48N2O4/c1-3-4-5-6-7-8-9-10-11-12-13-14-15-16-17-21-32(36)35-34-27-28-19-18-20-31(26-28)39-33(37)29-22-24-30(38-2)25-23-29/h18-20,22-27H,3-17,21H2,1-2H3,(H,35,36)/b34-27+. The van der Waals surface area contributed by atoms with Crippen LogP contribution in [0.5, 0.6) is 11.5 Å². The van der Waals surface area contributed by atoms with Crippen molar-refractivity contribution in [1.29, 1.82) is 0 Å². The van der Waals surface area contributed by atoms with Crippen molar-refractivity contribution in [3.63, 3.8) is 0 Å². The minimum atomic E-state index is -0.455. The summed E-state index contributed by atoms with van der Waals surface area (Å²) in [7, 11) is 1.57. The second-order valence-electron chi connectivity index (χ2n) is 10.2. The van der Waals surface area contributed by atoms with E-state index in [1.165, 1.54) is 83.5 Å². The lowest BCUT2D eigenvalue weighted by molar-refractivity contribution is -0.121. The number of carbonyl (C=O) groups is 2. The number of hydrogen-bond donors (Lipinski definition) is 1. The maximum Gasteiger partial charge on any atom is 0.343 e. The van der Waals surface area contributed by atoms with E-state index in [-0.39, 0.29) is 5.91 Å². The number of rotatable bonds is 21. The Morgan fingerprint density at radius 2 is 1.31 bits per heavy atom. The maximum atomic E-state index is 12.4. The summed E-state index contributed by atoms with van der Waals surface area (Å²) in [6, 6.07) is 13.7. The molecule has 0 aliphatic heterocycles. The normalized spacial score (nSPS) is 11.0. The number of amides is 1. The van der Waals surface area contributed by atoms with E-state index in [0.29, 0.717) is 23.5 Å². The fraction of sp³-hybridized carbons (Fsp3) is 0.545. The fourth-order valence-corrected chi connectivity index (χ4v) is 4.44. The Kier molecular flexibility index (Phi) is 17.1. The SMILES string of the molecule is CCCCCCCCCCCCCCCCCC(=O)N/N=C/c1cccc(OC(=O)c2ccc(OC)cc2)c1. The molecule has 0 saturated carbocycles. The highest BCUT2D eigenvalue weighted by molar-refractivity contribution is 5.91. The Hall–Kier alpha value is -3.15. The van der Waals surface area contributed by atoms with Crippen molar-refractivity contribution in [1.82, 2.24) is 5.43 Å². The topological polar surface area (TPSA) is 77.0 Å².